The van der Waals surface area contributed by atoms with Gasteiger partial charge in [0.2, 0.25) is 0 Å². The topological polar surface area (TPSA) is 0 Å². The third-order valence-corrected chi connectivity index (χ3v) is 10.3. The summed E-state index contributed by atoms with van der Waals surface area (Å²) >= 11 is 1.02. The summed E-state index contributed by atoms with van der Waals surface area (Å²) in [6.45, 7) is 3.42. The maximum absolute atomic E-state index is 13.8. The van der Waals surface area contributed by atoms with E-state index in [9.17, 15) is 149 Å². The van der Waals surface area contributed by atoms with Crippen molar-refractivity contribution in [1.82, 2.24) is 0 Å². The number of hydrogen-bond acceptors (Lipinski definition) is 0. The van der Waals surface area contributed by atoms with Crippen LogP contribution in [0.2, 0.25) is 0 Å². The molecule has 0 nitrogen and oxygen atoms in total. The fourth-order valence-electron chi connectivity index (χ4n) is 4.98. The van der Waals surface area contributed by atoms with E-state index in [1.807, 2.05) is 0 Å². The maximum atomic E-state index is 13.8. The van der Waals surface area contributed by atoms with Crippen molar-refractivity contribution in [2.24, 2.45) is 0 Å². The molecule has 0 aliphatic rings. The molecule has 0 fully saturated rings. The van der Waals surface area contributed by atoms with Gasteiger partial charge < -0.3 is 1.43 Å². The van der Waals surface area contributed by atoms with Crippen molar-refractivity contribution in [2.45, 2.75) is 197 Å². The molecule has 3 radical (unpaired) electrons. The average Bonchev–Trinajstić information content (AvgIpc) is 3.12. The molecule has 0 saturated heterocycles. The molecular formula is C32H34BF34INa. The van der Waals surface area contributed by atoms with Crippen LogP contribution in [-0.4, -0.2) is 108 Å². The van der Waals surface area contributed by atoms with Crippen LogP contribution in [0.1, 0.15) is 98.7 Å². The Balaban J connectivity index is -0.000000386. The van der Waals surface area contributed by atoms with Gasteiger partial charge in [0, 0.05) is 25.2 Å². The summed E-state index contributed by atoms with van der Waals surface area (Å²) in [4.78, 5) is 0. The van der Waals surface area contributed by atoms with Gasteiger partial charge >= 0.3 is 125 Å². The van der Waals surface area contributed by atoms with Crippen molar-refractivity contribution in [1.29, 1.82) is 0 Å². The number of hydrogen-bond donors (Lipinski definition) is 0. The molecule has 0 amide bonds. The van der Waals surface area contributed by atoms with Gasteiger partial charge in [-0.15, -0.1) is 0 Å². The quantitative estimate of drug-likeness (QED) is 0.0266. The second-order valence-corrected chi connectivity index (χ2v) is 16.2. The van der Waals surface area contributed by atoms with Crippen LogP contribution < -0.4 is 29.6 Å². The van der Waals surface area contributed by atoms with E-state index in [2.05, 4.69) is 0 Å². The zero-order valence-corrected chi connectivity index (χ0v) is 38.7. The van der Waals surface area contributed by atoms with Crippen LogP contribution in [0, 0.1) is 0 Å². The molecule has 0 aliphatic heterocycles. The molecule has 0 aromatic rings. The van der Waals surface area contributed by atoms with E-state index >= 15 is 0 Å². The minimum Gasteiger partial charge on any atom is -1.00 e. The first-order valence-corrected chi connectivity index (χ1v) is 19.3. The van der Waals surface area contributed by atoms with Crippen LogP contribution in [0.4, 0.5) is 149 Å². The number of alkyl halides is 35. The Kier molecular flexibility index (Phi) is 26.0. The zero-order chi connectivity index (χ0) is 54.8. The largest absolute Gasteiger partial charge is 1.00 e. The monoisotopic (exact) mass is 1230 g/mol. The Morgan fingerprint density at radius 2 is 0.522 bits per heavy atom. The molecule has 0 aromatic carbocycles. The fourth-order valence-corrected chi connectivity index (χ4v) is 5.97. The molecule has 37 heteroatoms. The Bertz CT molecular complexity index is 1550. The summed E-state index contributed by atoms with van der Waals surface area (Å²) in [7, 11) is 0. The molecule has 0 bridgehead atoms. The SMILES string of the molecule is CCCCCCC(I)CC(F)(F)C(F)(F)C(F)(F)C(F)(F)C(F)(F)C(F)(F)C(F)(F)C(F)(F)F.CCCCCCCCC(F)(F)C(F)(F)C(F)(F)C(F)(F)C(F)(F)C(F)(F)C(F)(F)C(F)(F)F.[B].[H-].[Na+]. The van der Waals surface area contributed by atoms with E-state index in [4.69, 9.17) is 0 Å². The maximum Gasteiger partial charge on any atom is 1.00 e. The van der Waals surface area contributed by atoms with E-state index in [1.165, 1.54) is 0 Å². The van der Waals surface area contributed by atoms with Gasteiger partial charge in [-0.1, -0.05) is 94.2 Å². The van der Waals surface area contributed by atoms with Crippen LogP contribution in [-0.2, 0) is 0 Å². The van der Waals surface area contributed by atoms with Gasteiger partial charge in [0.15, 0.2) is 0 Å². The Labute approximate surface area is 406 Å². The van der Waals surface area contributed by atoms with Gasteiger partial charge in [0.1, 0.15) is 0 Å². The smallest absolute Gasteiger partial charge is 1.00 e. The van der Waals surface area contributed by atoms with Crippen molar-refractivity contribution in [2.75, 3.05) is 0 Å². The second kappa shape index (κ2) is 24.0. The van der Waals surface area contributed by atoms with Gasteiger partial charge in [-0.2, -0.15) is 149 Å². The molecule has 0 heterocycles. The van der Waals surface area contributed by atoms with E-state index in [0.29, 0.717) is 38.5 Å². The normalized spacial score (nSPS) is 15.8. The summed E-state index contributed by atoms with van der Waals surface area (Å²) in [6.07, 6.45) is -18.8. The molecule has 411 valence electrons. The molecule has 0 spiro atoms. The third-order valence-electron chi connectivity index (χ3n) is 9.27. The molecular weight excluding hydrogens is 1190 g/mol. The van der Waals surface area contributed by atoms with Crippen molar-refractivity contribution in [3.8, 4) is 0 Å². The van der Waals surface area contributed by atoms with Gasteiger partial charge in [-0.25, -0.2) is 0 Å². The van der Waals surface area contributed by atoms with Gasteiger partial charge in [0.25, 0.3) is 0 Å². The summed E-state index contributed by atoms with van der Waals surface area (Å²) in [5.74, 6) is -111. The van der Waals surface area contributed by atoms with Gasteiger partial charge in [-0.05, 0) is 12.8 Å². The Morgan fingerprint density at radius 3 is 0.797 bits per heavy atom. The zero-order valence-electron chi connectivity index (χ0n) is 35.6. The summed E-state index contributed by atoms with van der Waals surface area (Å²) in [5.41, 5.74) is 0. The number of halogens is 35. The molecule has 0 aromatic heterocycles. The average molecular weight is 1230 g/mol. The predicted molar refractivity (Wildman–Crippen MR) is 177 cm³/mol. The molecule has 1 atom stereocenters. The third kappa shape index (κ3) is 13.6. The molecule has 1 unspecified atom stereocenters. The molecule has 0 saturated carbocycles. The fraction of sp³-hybridized carbons (Fsp3) is 1.00. The van der Waals surface area contributed by atoms with Crippen LogP contribution >= 0.6 is 22.6 Å². The van der Waals surface area contributed by atoms with Crippen molar-refractivity contribution < 1.29 is 180 Å². The van der Waals surface area contributed by atoms with Crippen LogP contribution in [0.3, 0.4) is 0 Å². The van der Waals surface area contributed by atoms with E-state index < -0.39 is 118 Å². The number of rotatable bonds is 26. The first-order chi connectivity index (χ1) is 29.0. The van der Waals surface area contributed by atoms with Gasteiger partial charge in [-0.3, -0.25) is 0 Å². The Morgan fingerprint density at radius 1 is 0.304 bits per heavy atom. The van der Waals surface area contributed by atoms with Crippen LogP contribution in [0.15, 0.2) is 0 Å². The van der Waals surface area contributed by atoms with E-state index in [0.717, 1.165) is 22.6 Å². The standard InChI is InChI=1S/C16H16F17I.C16H17F17.B.Na.H/c1-2-3-4-5-6-8(34)7-9(17,18)10(19,20)11(21,22)12(23,24)13(25,26)14(27,28)15(29,30)16(31,32)33;1-2-3-4-5-6-7-8-9(17,18)10(19,20)11(21,22)12(23,24)13(25,26)14(27,28)15(29,30)16(31,32)33;;;/h8H,2-7H2,1H3;2-8H2,1H3;;;/q;;;+1;-1. The van der Waals surface area contributed by atoms with Crippen LogP contribution in [0.5, 0.6) is 0 Å². The molecule has 0 aliphatic carbocycles. The van der Waals surface area contributed by atoms with E-state index in [-0.39, 0.29) is 65.1 Å². The first kappa shape index (κ1) is 74.9. The summed E-state index contributed by atoms with van der Waals surface area (Å²) in [5, 5.41) is 0. The second-order valence-electron chi connectivity index (χ2n) is 14.5. The van der Waals surface area contributed by atoms with Crippen molar-refractivity contribution >= 4 is 31.0 Å². The predicted octanol–water partition coefficient (Wildman–Crippen LogP) is 14.6. The van der Waals surface area contributed by atoms with Crippen molar-refractivity contribution in [3.63, 3.8) is 0 Å². The first-order valence-electron chi connectivity index (χ1n) is 18.1. The minimum absolute atomic E-state index is 0. The molecule has 69 heavy (non-hydrogen) atoms. The Hall–Kier alpha value is -0.585. The van der Waals surface area contributed by atoms with E-state index in [1.54, 1.807) is 13.8 Å². The number of unbranched alkanes of at least 4 members (excludes halogenated alkanes) is 8. The summed E-state index contributed by atoms with van der Waals surface area (Å²) < 4.78 is 445. The summed E-state index contributed by atoms with van der Waals surface area (Å²) in [6, 6.07) is 0. The van der Waals surface area contributed by atoms with Crippen molar-refractivity contribution in [3.05, 3.63) is 0 Å². The van der Waals surface area contributed by atoms with Gasteiger partial charge in [0.05, 0.1) is 0 Å². The minimum atomic E-state index is -8.58. The van der Waals surface area contributed by atoms with Crippen LogP contribution in [0.25, 0.3) is 0 Å². The molecule has 0 N–H and O–H groups in total. The molecule has 0 rings (SSSR count).